The van der Waals surface area contributed by atoms with Crippen LogP contribution >= 0.6 is 24.0 Å². The van der Waals surface area contributed by atoms with Crippen LogP contribution in [-0.4, -0.2) is 40.8 Å². The second-order valence-electron chi connectivity index (χ2n) is 6.60. The first-order valence-electron chi connectivity index (χ1n) is 8.93. The van der Waals surface area contributed by atoms with Crippen LogP contribution < -0.4 is 9.57 Å². The molecule has 0 saturated carbocycles. The summed E-state index contributed by atoms with van der Waals surface area (Å²) in [5.41, 5.74) is 1.47. The summed E-state index contributed by atoms with van der Waals surface area (Å²) in [4.78, 5) is 26.1. The molecule has 0 bridgehead atoms. The van der Waals surface area contributed by atoms with E-state index in [0.717, 1.165) is 22.3 Å². The Bertz CT molecular complexity index is 1180. The molecule has 0 spiro atoms. The summed E-state index contributed by atoms with van der Waals surface area (Å²) >= 11 is 6.12. The summed E-state index contributed by atoms with van der Waals surface area (Å²) in [5, 5.41) is 9.78. The van der Waals surface area contributed by atoms with Crippen LogP contribution in [0.2, 0.25) is 0 Å². The van der Waals surface area contributed by atoms with Gasteiger partial charge in [0.1, 0.15) is 5.75 Å². The lowest BCUT2D eigenvalue weighted by Crippen LogP contribution is -2.44. The maximum absolute atomic E-state index is 12.7. The molecule has 11 heteroatoms. The maximum atomic E-state index is 12.7. The van der Waals surface area contributed by atoms with E-state index in [2.05, 4.69) is 4.83 Å². The number of sulfonamides is 1. The van der Waals surface area contributed by atoms with E-state index in [0.29, 0.717) is 11.3 Å². The normalized spacial score (nSPS) is 16.6. The molecule has 0 aliphatic carbocycles. The summed E-state index contributed by atoms with van der Waals surface area (Å²) in [6.45, 7) is 3.24. The maximum Gasteiger partial charge on any atom is 0.344 e. The molecule has 0 aromatic heterocycles. The number of nitrogens with zero attached hydrogens (tertiary/aromatic N) is 1. The summed E-state index contributed by atoms with van der Waals surface area (Å²) < 4.78 is 30.6. The molecule has 1 amide bonds. The average Bonchev–Trinajstić information content (AvgIpc) is 2.95. The molecule has 1 aliphatic heterocycles. The number of carboxylic acids is 1. The van der Waals surface area contributed by atoms with E-state index in [4.69, 9.17) is 22.1 Å². The molecule has 31 heavy (non-hydrogen) atoms. The molecule has 1 atom stereocenters. The summed E-state index contributed by atoms with van der Waals surface area (Å²) in [7, 11) is -4.00. The Morgan fingerprint density at radius 2 is 1.94 bits per heavy atom. The van der Waals surface area contributed by atoms with Gasteiger partial charge in [0.05, 0.1) is 9.80 Å². The van der Waals surface area contributed by atoms with Crippen molar-refractivity contribution in [2.75, 3.05) is 0 Å². The Morgan fingerprint density at radius 1 is 1.26 bits per heavy atom. The number of nitrogens with one attached hydrogen (secondary N) is 1. The number of carbonyl (C=O) groups is 2. The van der Waals surface area contributed by atoms with E-state index in [-0.39, 0.29) is 14.1 Å². The van der Waals surface area contributed by atoms with E-state index in [1.54, 1.807) is 36.4 Å². The van der Waals surface area contributed by atoms with Gasteiger partial charge in [0, 0.05) is 0 Å². The van der Waals surface area contributed by atoms with Crippen LogP contribution in [0.25, 0.3) is 6.08 Å². The molecule has 2 aromatic rings. The van der Waals surface area contributed by atoms with Gasteiger partial charge in [0.25, 0.3) is 15.9 Å². The van der Waals surface area contributed by atoms with Crippen molar-refractivity contribution in [1.29, 1.82) is 0 Å². The number of ether oxygens (including phenoxy) is 1. The Kier molecular flexibility index (Phi) is 6.80. The van der Waals surface area contributed by atoms with Gasteiger partial charge < -0.3 is 9.84 Å². The number of carbonyl (C=O) groups excluding carboxylic acids is 1. The van der Waals surface area contributed by atoms with Crippen LogP contribution in [0.5, 0.6) is 5.75 Å². The van der Waals surface area contributed by atoms with Gasteiger partial charge >= 0.3 is 5.97 Å². The van der Waals surface area contributed by atoms with Crippen molar-refractivity contribution in [2.45, 2.75) is 24.8 Å². The van der Waals surface area contributed by atoms with Gasteiger partial charge in [0.15, 0.2) is 10.4 Å². The monoisotopic (exact) mass is 478 g/mol. The smallest absolute Gasteiger partial charge is 0.344 e. The van der Waals surface area contributed by atoms with Crippen LogP contribution in [-0.2, 0) is 19.6 Å². The van der Waals surface area contributed by atoms with Crippen LogP contribution in [0.15, 0.2) is 58.3 Å². The number of aryl methyl sites for hydroxylation is 1. The van der Waals surface area contributed by atoms with E-state index in [1.165, 1.54) is 25.1 Å². The van der Waals surface area contributed by atoms with E-state index in [1.807, 2.05) is 6.92 Å². The molecule has 8 nitrogen and oxygen atoms in total. The van der Waals surface area contributed by atoms with Crippen LogP contribution in [0, 0.1) is 6.92 Å². The Hall–Kier alpha value is -2.73. The third-order valence-corrected chi connectivity index (χ3v) is 6.77. The summed E-state index contributed by atoms with van der Waals surface area (Å²) in [5.74, 6) is -1.40. The molecule has 1 heterocycles. The lowest BCUT2D eigenvalue weighted by atomic mass is 10.2. The zero-order valence-corrected chi connectivity index (χ0v) is 18.9. The van der Waals surface area contributed by atoms with Crippen molar-refractivity contribution in [3.63, 3.8) is 0 Å². The van der Waals surface area contributed by atoms with E-state index >= 15 is 0 Å². The van der Waals surface area contributed by atoms with Crippen molar-refractivity contribution in [3.05, 3.63) is 64.6 Å². The number of aliphatic carboxylic acids is 1. The number of hydrogen-bond acceptors (Lipinski definition) is 7. The Balaban J connectivity index is 1.79. The SMILES string of the molecule is Cc1ccc(S(=O)(=O)NN2C(=O)/C(=C\c3cccc(OC(C)C(=O)O)c3)SC2=S)cc1. The number of hydrogen-bond donors (Lipinski definition) is 2. The zero-order valence-electron chi connectivity index (χ0n) is 16.4. The van der Waals surface area contributed by atoms with Crippen LogP contribution in [0.3, 0.4) is 0 Å². The van der Waals surface area contributed by atoms with Crippen LogP contribution in [0.4, 0.5) is 0 Å². The standard InChI is InChI=1S/C20H18N2O6S3/c1-12-6-8-16(9-7-12)31(26,27)21-22-18(23)17(30-20(22)29)11-14-4-3-5-15(10-14)28-13(2)19(24)25/h3-11,13,21H,1-2H3,(H,24,25)/b17-11+. The van der Waals surface area contributed by atoms with Gasteiger partial charge in [-0.3, -0.25) is 4.79 Å². The predicted octanol–water partition coefficient (Wildman–Crippen LogP) is 2.94. The number of benzene rings is 2. The highest BCUT2D eigenvalue weighted by molar-refractivity contribution is 8.26. The first-order valence-corrected chi connectivity index (χ1v) is 11.6. The van der Waals surface area contributed by atoms with Crippen molar-refractivity contribution in [1.82, 2.24) is 9.84 Å². The fourth-order valence-corrected chi connectivity index (χ4v) is 4.83. The highest BCUT2D eigenvalue weighted by Gasteiger charge is 2.35. The molecule has 2 N–H and O–H groups in total. The number of carboxylic acid groups (broad SMARTS) is 1. The van der Waals surface area contributed by atoms with Crippen molar-refractivity contribution < 1.29 is 27.9 Å². The number of rotatable bonds is 7. The molecule has 1 saturated heterocycles. The first kappa shape index (κ1) is 22.9. The van der Waals surface area contributed by atoms with E-state index < -0.39 is 28.0 Å². The van der Waals surface area contributed by atoms with Gasteiger partial charge in [-0.1, -0.05) is 53.8 Å². The first-order chi connectivity index (χ1) is 14.6. The summed E-state index contributed by atoms with van der Waals surface area (Å²) in [6.07, 6.45) is 0.488. The molecular formula is C20H18N2O6S3. The van der Waals surface area contributed by atoms with Gasteiger partial charge in [-0.05, 0) is 49.8 Å². The lowest BCUT2D eigenvalue weighted by Gasteiger charge is -2.16. The lowest BCUT2D eigenvalue weighted by molar-refractivity contribution is -0.144. The fraction of sp³-hybridized carbons (Fsp3) is 0.150. The highest BCUT2D eigenvalue weighted by atomic mass is 32.2. The fourth-order valence-electron chi connectivity index (χ4n) is 2.52. The van der Waals surface area contributed by atoms with Gasteiger partial charge in [-0.25, -0.2) is 18.2 Å². The quantitative estimate of drug-likeness (QED) is 0.461. The second-order valence-corrected chi connectivity index (χ2v) is 9.93. The Labute approximate surface area is 188 Å². The van der Waals surface area contributed by atoms with Gasteiger partial charge in [0.2, 0.25) is 0 Å². The van der Waals surface area contributed by atoms with Gasteiger partial charge in [-0.2, -0.15) is 0 Å². The molecule has 1 fully saturated rings. The summed E-state index contributed by atoms with van der Waals surface area (Å²) in [6, 6.07) is 12.7. The molecule has 1 aliphatic rings. The largest absolute Gasteiger partial charge is 0.479 e. The van der Waals surface area contributed by atoms with E-state index in [9.17, 15) is 18.0 Å². The zero-order chi connectivity index (χ0) is 22.8. The third kappa shape index (κ3) is 5.50. The molecule has 1 unspecified atom stereocenters. The minimum atomic E-state index is -4.00. The third-order valence-electron chi connectivity index (χ3n) is 4.15. The van der Waals surface area contributed by atoms with Crippen molar-refractivity contribution in [3.8, 4) is 5.75 Å². The highest BCUT2D eigenvalue weighted by Crippen LogP contribution is 2.32. The predicted molar refractivity (Wildman–Crippen MR) is 121 cm³/mol. The van der Waals surface area contributed by atoms with Crippen molar-refractivity contribution in [2.24, 2.45) is 0 Å². The molecular weight excluding hydrogens is 460 g/mol. The van der Waals surface area contributed by atoms with Crippen LogP contribution in [0.1, 0.15) is 18.1 Å². The minimum absolute atomic E-state index is 0.00790. The second kappa shape index (κ2) is 9.18. The van der Waals surface area contributed by atoms with Crippen molar-refractivity contribution >= 4 is 56.3 Å². The number of thioether (sulfide) groups is 1. The average molecular weight is 479 g/mol. The van der Waals surface area contributed by atoms with Gasteiger partial charge in [-0.15, -0.1) is 4.83 Å². The molecule has 3 rings (SSSR count). The number of thiocarbonyl (C=S) groups is 1. The Morgan fingerprint density at radius 3 is 2.58 bits per heavy atom. The molecule has 2 aromatic carbocycles. The topological polar surface area (TPSA) is 113 Å². The molecule has 0 radical (unpaired) electrons. The molecule has 162 valence electrons. The number of hydrazine groups is 1. The minimum Gasteiger partial charge on any atom is -0.479 e. The number of amides is 1.